The number of hydrogen-bond acceptors (Lipinski definition) is 8. The van der Waals surface area contributed by atoms with Crippen LogP contribution in [0.2, 0.25) is 0 Å². The molecule has 0 radical (unpaired) electrons. The van der Waals surface area contributed by atoms with E-state index in [0.29, 0.717) is 22.6 Å². The Morgan fingerprint density at radius 3 is 2.77 bits per heavy atom. The summed E-state index contributed by atoms with van der Waals surface area (Å²) in [5, 5.41) is 28.0. The predicted octanol–water partition coefficient (Wildman–Crippen LogP) is 2.56. The molecule has 4 rings (SSSR count). The average Bonchev–Trinajstić information content (AvgIpc) is 3.29. The number of carbonyl (C=O) groups excluding carboxylic acids is 1. The lowest BCUT2D eigenvalue weighted by atomic mass is 10.2. The monoisotopic (exact) mass is 425 g/mol. The molecule has 3 N–H and O–H groups in total. The smallest absolute Gasteiger partial charge is 0.256 e. The number of anilines is 1. The van der Waals surface area contributed by atoms with Gasteiger partial charge in [-0.1, -0.05) is 12.1 Å². The Hall–Kier alpha value is -3.34. The number of pyridine rings is 1. The third-order valence-electron chi connectivity index (χ3n) is 4.40. The number of aliphatic hydroxyl groups excluding tert-OH is 2. The highest BCUT2D eigenvalue weighted by molar-refractivity contribution is 7.18. The Kier molecular flexibility index (Phi) is 5.44. The zero-order valence-corrected chi connectivity index (χ0v) is 17.0. The van der Waals surface area contributed by atoms with Gasteiger partial charge in [0.15, 0.2) is 6.10 Å². The molecule has 2 atom stereocenters. The van der Waals surface area contributed by atoms with Crippen LogP contribution in [0.3, 0.4) is 0 Å². The molecule has 0 unspecified atom stereocenters. The van der Waals surface area contributed by atoms with E-state index in [4.69, 9.17) is 4.74 Å². The Balaban J connectivity index is 1.54. The number of hydrogen-bond donors (Lipinski definition) is 3. The van der Waals surface area contributed by atoms with Crippen LogP contribution in [0, 0.1) is 6.92 Å². The summed E-state index contributed by atoms with van der Waals surface area (Å²) < 4.78 is 8.12. The van der Waals surface area contributed by atoms with Crippen molar-refractivity contribution in [3.8, 4) is 11.6 Å². The van der Waals surface area contributed by atoms with Gasteiger partial charge in [-0.15, -0.1) is 11.3 Å². The predicted molar refractivity (Wildman–Crippen MR) is 111 cm³/mol. The van der Waals surface area contributed by atoms with Gasteiger partial charge >= 0.3 is 0 Å². The molecule has 0 aliphatic rings. The lowest BCUT2D eigenvalue weighted by Crippen LogP contribution is -2.33. The third-order valence-corrected chi connectivity index (χ3v) is 5.50. The lowest BCUT2D eigenvalue weighted by Gasteiger charge is -2.16. The van der Waals surface area contributed by atoms with Crippen molar-refractivity contribution in [1.29, 1.82) is 0 Å². The van der Waals surface area contributed by atoms with Crippen LogP contribution < -0.4 is 10.1 Å². The summed E-state index contributed by atoms with van der Waals surface area (Å²) in [4.78, 5) is 20.9. The molecular formula is C20H19N5O4S. The summed E-state index contributed by atoms with van der Waals surface area (Å²) >= 11 is 1.22. The first-order valence-electron chi connectivity index (χ1n) is 9.08. The van der Waals surface area contributed by atoms with E-state index >= 15 is 0 Å². The van der Waals surface area contributed by atoms with Gasteiger partial charge in [-0.25, -0.2) is 9.67 Å². The van der Waals surface area contributed by atoms with Crippen LogP contribution in [0.1, 0.15) is 16.8 Å². The number of fused-ring (bicyclic) bond motifs is 1. The Bertz CT molecular complexity index is 1160. The number of benzene rings is 1. The number of nitrogens with one attached hydrogen (secondary N) is 1. The fraction of sp³-hybridized carbons (Fsp3) is 0.200. The maximum atomic E-state index is 12.7. The molecule has 3 aromatic heterocycles. The van der Waals surface area contributed by atoms with E-state index < -0.39 is 18.1 Å². The first-order chi connectivity index (χ1) is 14.4. The van der Waals surface area contributed by atoms with Crippen LogP contribution in [0.25, 0.3) is 10.2 Å². The summed E-state index contributed by atoms with van der Waals surface area (Å²) in [6.45, 7) is 1.70. The molecule has 0 spiro atoms. The van der Waals surface area contributed by atoms with Crippen molar-refractivity contribution >= 4 is 33.1 Å². The minimum atomic E-state index is -1.73. The molecule has 30 heavy (non-hydrogen) atoms. The third kappa shape index (κ3) is 3.88. The summed E-state index contributed by atoms with van der Waals surface area (Å²) in [6, 6.07) is 10.8. The van der Waals surface area contributed by atoms with Crippen molar-refractivity contribution < 1.29 is 19.7 Å². The molecule has 10 heteroatoms. The van der Waals surface area contributed by atoms with Gasteiger partial charge in [0.1, 0.15) is 22.5 Å². The van der Waals surface area contributed by atoms with Crippen LogP contribution >= 0.6 is 11.3 Å². The fourth-order valence-corrected chi connectivity index (χ4v) is 3.89. The van der Waals surface area contributed by atoms with E-state index in [9.17, 15) is 15.0 Å². The molecule has 0 saturated heterocycles. The topological polar surface area (TPSA) is 122 Å². The number of nitrogens with zero attached hydrogens (tertiary/aromatic N) is 4. The van der Waals surface area contributed by atoms with Gasteiger partial charge in [0.25, 0.3) is 5.91 Å². The Morgan fingerprint density at radius 2 is 2.03 bits per heavy atom. The summed E-state index contributed by atoms with van der Waals surface area (Å²) in [6.07, 6.45) is -0.0535. The number of carbonyl (C=O) groups is 1. The number of amides is 1. The lowest BCUT2D eigenvalue weighted by molar-refractivity contribution is -0.129. The number of thiazole rings is 1. The van der Waals surface area contributed by atoms with Crippen LogP contribution in [0.5, 0.6) is 11.6 Å². The zero-order valence-electron chi connectivity index (χ0n) is 16.2. The largest absolute Gasteiger partial charge is 0.436 e. The highest BCUT2D eigenvalue weighted by atomic mass is 32.1. The zero-order chi connectivity index (χ0) is 21.3. The quantitative estimate of drug-likeness (QED) is 0.434. The van der Waals surface area contributed by atoms with Gasteiger partial charge in [-0.2, -0.15) is 5.10 Å². The molecule has 1 aromatic carbocycles. The van der Waals surface area contributed by atoms with E-state index in [0.717, 1.165) is 4.70 Å². The maximum absolute atomic E-state index is 12.7. The second-order valence-electron chi connectivity index (χ2n) is 6.58. The Labute approximate surface area is 175 Å². The highest BCUT2D eigenvalue weighted by Crippen LogP contribution is 2.33. The Morgan fingerprint density at radius 1 is 1.23 bits per heavy atom. The molecule has 3 heterocycles. The van der Waals surface area contributed by atoms with Gasteiger partial charge in [0, 0.05) is 13.2 Å². The number of ether oxygens (including phenoxy) is 1. The fourth-order valence-electron chi connectivity index (χ4n) is 2.91. The second-order valence-corrected chi connectivity index (χ2v) is 7.64. The van der Waals surface area contributed by atoms with Crippen molar-refractivity contribution in [1.82, 2.24) is 19.7 Å². The van der Waals surface area contributed by atoms with E-state index in [2.05, 4.69) is 20.4 Å². The van der Waals surface area contributed by atoms with Gasteiger partial charge < -0.3 is 20.3 Å². The number of para-hydroxylation sites is 1. The van der Waals surface area contributed by atoms with E-state index in [1.165, 1.54) is 22.2 Å². The molecule has 154 valence electrons. The molecule has 1 amide bonds. The standard InChI is InChI=1S/C20H19N5O4S/c1-11-15(20(25(2)24-11)29-12-6-5-9-21-10-12)23-18(28)16(26)17(27)19-22-13-7-3-4-8-14(13)30-19/h3-10,16-17,26-27H,1-2H3,(H,23,28)/t16-,17+/m0/s1. The minimum absolute atomic E-state index is 0.258. The van der Waals surface area contributed by atoms with Gasteiger partial charge in [-0.05, 0) is 31.2 Å². The molecule has 0 aliphatic heterocycles. The normalized spacial score (nSPS) is 13.2. The average molecular weight is 425 g/mol. The SMILES string of the molecule is Cc1nn(C)c(Oc2cccnc2)c1NC(=O)[C@@H](O)[C@@H](O)c1nc2ccccc2s1. The van der Waals surface area contributed by atoms with E-state index in [1.54, 1.807) is 38.4 Å². The summed E-state index contributed by atoms with van der Waals surface area (Å²) in [5.74, 6) is -0.0597. The van der Waals surface area contributed by atoms with Gasteiger partial charge in [0.2, 0.25) is 5.88 Å². The van der Waals surface area contributed by atoms with Crippen molar-refractivity contribution in [2.45, 2.75) is 19.1 Å². The summed E-state index contributed by atoms with van der Waals surface area (Å²) in [7, 11) is 1.67. The minimum Gasteiger partial charge on any atom is -0.436 e. The first-order valence-corrected chi connectivity index (χ1v) is 9.89. The van der Waals surface area contributed by atoms with Crippen LogP contribution in [-0.4, -0.2) is 42.0 Å². The maximum Gasteiger partial charge on any atom is 0.256 e. The number of aromatic nitrogens is 4. The number of rotatable bonds is 6. The van der Waals surface area contributed by atoms with Gasteiger partial charge in [-0.3, -0.25) is 9.78 Å². The van der Waals surface area contributed by atoms with Crippen molar-refractivity contribution in [2.75, 3.05) is 5.32 Å². The van der Waals surface area contributed by atoms with Crippen LogP contribution in [0.15, 0.2) is 48.8 Å². The van der Waals surface area contributed by atoms with Crippen molar-refractivity contribution in [3.05, 3.63) is 59.5 Å². The van der Waals surface area contributed by atoms with Crippen molar-refractivity contribution in [2.24, 2.45) is 7.05 Å². The highest BCUT2D eigenvalue weighted by Gasteiger charge is 2.30. The molecule has 0 aliphatic carbocycles. The second kappa shape index (κ2) is 8.19. The molecule has 0 fully saturated rings. The number of aliphatic hydroxyl groups is 2. The van der Waals surface area contributed by atoms with Crippen molar-refractivity contribution in [3.63, 3.8) is 0 Å². The number of aryl methyl sites for hydroxylation is 2. The first kappa shape index (κ1) is 20.0. The molecule has 0 saturated carbocycles. The van der Waals surface area contributed by atoms with E-state index in [-0.39, 0.29) is 10.9 Å². The molecule has 0 bridgehead atoms. The summed E-state index contributed by atoms with van der Waals surface area (Å²) in [5.41, 5.74) is 1.48. The molecule has 4 aromatic rings. The van der Waals surface area contributed by atoms with Gasteiger partial charge in [0.05, 0.1) is 22.1 Å². The molecule has 9 nitrogen and oxygen atoms in total. The van der Waals surface area contributed by atoms with E-state index in [1.807, 2.05) is 18.2 Å². The van der Waals surface area contributed by atoms with Crippen LogP contribution in [-0.2, 0) is 11.8 Å². The molecular weight excluding hydrogens is 406 g/mol. The van der Waals surface area contributed by atoms with Crippen LogP contribution in [0.4, 0.5) is 5.69 Å².